The fraction of sp³-hybridized carbons (Fsp3) is 0.948. The molecule has 64 heavy (non-hydrogen) atoms. The van der Waals surface area contributed by atoms with E-state index in [2.05, 4.69) is 34.6 Å². The van der Waals surface area contributed by atoms with Crippen LogP contribution >= 0.6 is 0 Å². The summed E-state index contributed by atoms with van der Waals surface area (Å²) >= 11 is 0. The lowest BCUT2D eigenvalue weighted by molar-refractivity contribution is -0.167. The molecule has 1 unspecified atom stereocenters. The van der Waals surface area contributed by atoms with Crippen molar-refractivity contribution in [2.24, 2.45) is 11.8 Å². The molecule has 2 atom stereocenters. The van der Waals surface area contributed by atoms with E-state index in [1.807, 2.05) is 0 Å². The maximum Gasteiger partial charge on any atom is 0.306 e. The van der Waals surface area contributed by atoms with Crippen molar-refractivity contribution < 1.29 is 28.6 Å². The molecule has 0 fully saturated rings. The van der Waals surface area contributed by atoms with Gasteiger partial charge in [-0.1, -0.05) is 285 Å². The van der Waals surface area contributed by atoms with Crippen LogP contribution in [0.4, 0.5) is 0 Å². The molecule has 0 amide bonds. The Bertz CT molecular complexity index is 980. The van der Waals surface area contributed by atoms with E-state index >= 15 is 0 Å². The van der Waals surface area contributed by atoms with Crippen molar-refractivity contribution in [2.75, 3.05) is 13.2 Å². The second-order valence-electron chi connectivity index (χ2n) is 20.6. The molecule has 0 aromatic carbocycles. The maximum absolute atomic E-state index is 12.8. The quantitative estimate of drug-likeness (QED) is 0.0344. The van der Waals surface area contributed by atoms with Crippen LogP contribution < -0.4 is 0 Å². The molecule has 0 radical (unpaired) electrons. The van der Waals surface area contributed by atoms with Gasteiger partial charge in [0.25, 0.3) is 0 Å². The summed E-state index contributed by atoms with van der Waals surface area (Å²) < 4.78 is 16.9. The topological polar surface area (TPSA) is 78.9 Å². The third-order valence-corrected chi connectivity index (χ3v) is 13.6. The predicted octanol–water partition coefficient (Wildman–Crippen LogP) is 18.9. The standard InChI is InChI=1S/C58H112O6/c1-6-8-9-10-11-12-13-18-22-28-33-38-43-48-56(59)62-51-55(64-58(61)50-45-40-35-30-25-24-27-32-37-42-47-54(5)7-2)52-63-57(60)49-44-39-34-29-23-20-17-15-14-16-19-21-26-31-36-41-46-53(3)4/h53-55H,6-52H2,1-5H3/t54?,55-/m0/s1. The Hall–Kier alpha value is -1.59. The molecular weight excluding hydrogens is 793 g/mol. The minimum absolute atomic E-state index is 0.0628. The van der Waals surface area contributed by atoms with Crippen LogP contribution in [0.2, 0.25) is 0 Å². The average Bonchev–Trinajstić information content (AvgIpc) is 3.28. The van der Waals surface area contributed by atoms with Crippen molar-refractivity contribution in [2.45, 2.75) is 330 Å². The number of carbonyl (C=O) groups excluding carboxylic acids is 3. The van der Waals surface area contributed by atoms with Crippen LogP contribution in [0, 0.1) is 11.8 Å². The van der Waals surface area contributed by atoms with Crippen molar-refractivity contribution >= 4 is 17.9 Å². The molecule has 0 spiro atoms. The summed E-state index contributed by atoms with van der Waals surface area (Å²) in [6, 6.07) is 0. The average molecular weight is 906 g/mol. The molecular formula is C58H112O6. The van der Waals surface area contributed by atoms with Crippen LogP contribution in [-0.4, -0.2) is 37.2 Å². The number of ether oxygens (including phenoxy) is 3. The van der Waals surface area contributed by atoms with Crippen LogP contribution in [0.5, 0.6) is 0 Å². The minimum Gasteiger partial charge on any atom is -0.462 e. The highest BCUT2D eigenvalue weighted by atomic mass is 16.6. The van der Waals surface area contributed by atoms with Gasteiger partial charge in [-0.2, -0.15) is 0 Å². The summed E-state index contributed by atoms with van der Waals surface area (Å²) in [7, 11) is 0. The Morgan fingerprint density at radius 1 is 0.328 bits per heavy atom. The Morgan fingerprint density at radius 2 is 0.594 bits per heavy atom. The lowest BCUT2D eigenvalue weighted by Gasteiger charge is -2.18. The zero-order chi connectivity index (χ0) is 46.8. The molecule has 0 aromatic rings. The molecule has 6 nitrogen and oxygen atoms in total. The summed E-state index contributed by atoms with van der Waals surface area (Å²) in [5.41, 5.74) is 0. The smallest absolute Gasteiger partial charge is 0.306 e. The van der Waals surface area contributed by atoms with Crippen molar-refractivity contribution in [1.29, 1.82) is 0 Å². The number of rotatable bonds is 52. The lowest BCUT2D eigenvalue weighted by atomic mass is 9.99. The maximum atomic E-state index is 12.8. The van der Waals surface area contributed by atoms with E-state index in [4.69, 9.17) is 14.2 Å². The zero-order valence-corrected chi connectivity index (χ0v) is 43.9. The fourth-order valence-corrected chi connectivity index (χ4v) is 8.84. The van der Waals surface area contributed by atoms with Gasteiger partial charge in [-0.25, -0.2) is 0 Å². The number of hydrogen-bond acceptors (Lipinski definition) is 6. The number of unbranched alkanes of at least 4 members (excludes halogenated alkanes) is 36. The molecule has 0 aliphatic carbocycles. The second-order valence-corrected chi connectivity index (χ2v) is 20.6. The number of carbonyl (C=O) groups is 3. The van der Waals surface area contributed by atoms with Crippen molar-refractivity contribution in [1.82, 2.24) is 0 Å². The van der Waals surface area contributed by atoms with Crippen molar-refractivity contribution in [3.8, 4) is 0 Å². The van der Waals surface area contributed by atoms with Crippen molar-refractivity contribution in [3.05, 3.63) is 0 Å². The summed E-state index contributed by atoms with van der Waals surface area (Å²) in [6.45, 7) is 11.4. The van der Waals surface area contributed by atoms with Gasteiger partial charge in [0.1, 0.15) is 13.2 Å². The van der Waals surface area contributed by atoms with E-state index in [9.17, 15) is 14.4 Å². The highest BCUT2D eigenvalue weighted by Crippen LogP contribution is 2.18. The van der Waals surface area contributed by atoms with Crippen LogP contribution in [0.15, 0.2) is 0 Å². The van der Waals surface area contributed by atoms with Crippen LogP contribution in [0.1, 0.15) is 324 Å². The van der Waals surface area contributed by atoms with E-state index in [-0.39, 0.29) is 31.1 Å². The van der Waals surface area contributed by atoms with Crippen molar-refractivity contribution in [3.63, 3.8) is 0 Å². The Balaban J connectivity index is 4.28. The van der Waals surface area contributed by atoms with E-state index < -0.39 is 6.10 Å². The first kappa shape index (κ1) is 62.4. The molecule has 0 N–H and O–H groups in total. The molecule has 0 heterocycles. The number of hydrogen-bond donors (Lipinski definition) is 0. The van der Waals surface area contributed by atoms with Crippen LogP contribution in [0.3, 0.4) is 0 Å². The largest absolute Gasteiger partial charge is 0.462 e. The normalized spacial score (nSPS) is 12.5. The highest BCUT2D eigenvalue weighted by Gasteiger charge is 2.19. The van der Waals surface area contributed by atoms with Gasteiger partial charge in [0.2, 0.25) is 0 Å². The molecule has 0 aliphatic rings. The molecule has 6 heteroatoms. The molecule has 380 valence electrons. The molecule has 0 aromatic heterocycles. The van der Waals surface area contributed by atoms with Gasteiger partial charge in [-0.15, -0.1) is 0 Å². The monoisotopic (exact) mass is 905 g/mol. The third-order valence-electron chi connectivity index (χ3n) is 13.6. The predicted molar refractivity (Wildman–Crippen MR) is 275 cm³/mol. The van der Waals surface area contributed by atoms with Gasteiger partial charge in [0, 0.05) is 19.3 Å². The Kier molecular flexibility index (Phi) is 49.6. The van der Waals surface area contributed by atoms with E-state index in [0.29, 0.717) is 19.3 Å². The fourth-order valence-electron chi connectivity index (χ4n) is 8.84. The third kappa shape index (κ3) is 49.8. The molecule has 0 rings (SSSR count). The highest BCUT2D eigenvalue weighted by molar-refractivity contribution is 5.71. The summed E-state index contributed by atoms with van der Waals surface area (Å²) in [5, 5.41) is 0. The Labute approximate surface area is 399 Å². The number of esters is 3. The van der Waals surface area contributed by atoms with Crippen LogP contribution in [0.25, 0.3) is 0 Å². The first-order chi connectivity index (χ1) is 31.3. The molecule has 0 saturated carbocycles. The zero-order valence-electron chi connectivity index (χ0n) is 43.9. The SMILES string of the molecule is CCCCCCCCCCCCCCCC(=O)OC[C@@H](COC(=O)CCCCCCCCCCCCCCCCCCC(C)C)OC(=O)CCCCCCCCCCCCC(C)CC. The van der Waals surface area contributed by atoms with E-state index in [1.165, 1.54) is 212 Å². The van der Waals surface area contributed by atoms with Gasteiger partial charge in [0.15, 0.2) is 6.10 Å². The minimum atomic E-state index is -0.762. The Morgan fingerprint density at radius 3 is 0.891 bits per heavy atom. The van der Waals surface area contributed by atoms with Gasteiger partial charge in [-0.3, -0.25) is 14.4 Å². The molecule has 0 saturated heterocycles. The molecule has 0 aliphatic heterocycles. The van der Waals surface area contributed by atoms with Crippen LogP contribution in [-0.2, 0) is 28.6 Å². The summed E-state index contributed by atoms with van der Waals surface area (Å²) in [5.74, 6) is 0.880. The van der Waals surface area contributed by atoms with Gasteiger partial charge >= 0.3 is 17.9 Å². The molecule has 0 bridgehead atoms. The second kappa shape index (κ2) is 50.8. The van der Waals surface area contributed by atoms with Gasteiger partial charge < -0.3 is 14.2 Å². The van der Waals surface area contributed by atoms with E-state index in [1.54, 1.807) is 0 Å². The van der Waals surface area contributed by atoms with Gasteiger partial charge in [-0.05, 0) is 31.1 Å². The summed E-state index contributed by atoms with van der Waals surface area (Å²) in [4.78, 5) is 38.1. The van der Waals surface area contributed by atoms with Gasteiger partial charge in [0.05, 0.1) is 0 Å². The summed E-state index contributed by atoms with van der Waals surface area (Å²) in [6.07, 6.45) is 53.7. The first-order valence-electron chi connectivity index (χ1n) is 28.8. The van der Waals surface area contributed by atoms with E-state index in [0.717, 1.165) is 69.6 Å². The lowest BCUT2D eigenvalue weighted by Crippen LogP contribution is -2.30. The first-order valence-corrected chi connectivity index (χ1v) is 28.8.